The standard InChI is InChI=1S/C25H23N5O2S/c1-15(2)27-22(31)14-32-20-5-3-4-16(11-20)24-29-21-8-9-33-23(21)25(30-24)28-19-7-6-17-12-26-13-18(17)10-19/h3-11,13,15H,12,14H2,1-2H3,(H,27,31)(H,28,29,30). The fourth-order valence-electron chi connectivity index (χ4n) is 3.63. The number of carbonyl (C=O) groups is 1. The van der Waals surface area contributed by atoms with Crippen LogP contribution in [0.2, 0.25) is 0 Å². The molecular weight excluding hydrogens is 434 g/mol. The van der Waals surface area contributed by atoms with E-state index < -0.39 is 0 Å². The van der Waals surface area contributed by atoms with Crippen LogP contribution >= 0.6 is 11.3 Å². The quantitative estimate of drug-likeness (QED) is 0.410. The van der Waals surface area contributed by atoms with Crippen molar-refractivity contribution in [1.82, 2.24) is 15.3 Å². The third kappa shape index (κ3) is 4.70. The van der Waals surface area contributed by atoms with Crippen molar-refractivity contribution in [2.45, 2.75) is 26.4 Å². The number of rotatable bonds is 7. The van der Waals surface area contributed by atoms with Crippen LogP contribution < -0.4 is 15.4 Å². The zero-order chi connectivity index (χ0) is 22.8. The summed E-state index contributed by atoms with van der Waals surface area (Å²) < 4.78 is 6.67. The fourth-order valence-corrected chi connectivity index (χ4v) is 4.41. The maximum Gasteiger partial charge on any atom is 0.258 e. The number of benzene rings is 2. The maximum absolute atomic E-state index is 11.9. The molecule has 1 amide bonds. The molecule has 33 heavy (non-hydrogen) atoms. The third-order valence-electron chi connectivity index (χ3n) is 5.12. The monoisotopic (exact) mass is 457 g/mol. The van der Waals surface area contributed by atoms with Crippen molar-refractivity contribution in [3.05, 3.63) is 65.0 Å². The van der Waals surface area contributed by atoms with Gasteiger partial charge in [-0.2, -0.15) is 0 Å². The Bertz CT molecular complexity index is 1360. The normalized spacial score (nSPS) is 12.2. The molecule has 2 aromatic heterocycles. The Morgan fingerprint density at radius 2 is 2.06 bits per heavy atom. The minimum Gasteiger partial charge on any atom is -0.484 e. The largest absolute Gasteiger partial charge is 0.484 e. The number of amides is 1. The number of hydrogen-bond acceptors (Lipinski definition) is 7. The van der Waals surface area contributed by atoms with Crippen LogP contribution in [0.4, 0.5) is 11.5 Å². The number of fused-ring (bicyclic) bond motifs is 2. The van der Waals surface area contributed by atoms with Gasteiger partial charge in [0.25, 0.3) is 5.91 Å². The molecule has 2 aromatic carbocycles. The van der Waals surface area contributed by atoms with Crippen LogP contribution in [0.15, 0.2) is 58.9 Å². The van der Waals surface area contributed by atoms with Crippen molar-refractivity contribution in [3.8, 4) is 17.1 Å². The molecule has 5 rings (SSSR count). The van der Waals surface area contributed by atoms with Gasteiger partial charge in [0.15, 0.2) is 18.2 Å². The molecule has 0 fully saturated rings. The summed E-state index contributed by atoms with van der Waals surface area (Å²) in [6, 6.07) is 15.8. The van der Waals surface area contributed by atoms with Gasteiger partial charge in [0.05, 0.1) is 16.8 Å². The second-order valence-corrected chi connectivity index (χ2v) is 8.99. The first-order chi connectivity index (χ1) is 16.0. The molecular formula is C25H23N5O2S. The zero-order valence-electron chi connectivity index (χ0n) is 18.3. The van der Waals surface area contributed by atoms with Crippen molar-refractivity contribution in [2.24, 2.45) is 4.99 Å². The van der Waals surface area contributed by atoms with Gasteiger partial charge in [0.2, 0.25) is 0 Å². The fraction of sp³-hybridized carbons (Fsp3) is 0.200. The van der Waals surface area contributed by atoms with Crippen LogP contribution in [0.5, 0.6) is 5.75 Å². The summed E-state index contributed by atoms with van der Waals surface area (Å²) in [4.78, 5) is 25.8. The highest BCUT2D eigenvalue weighted by molar-refractivity contribution is 7.17. The molecule has 0 aliphatic carbocycles. The van der Waals surface area contributed by atoms with E-state index in [1.807, 2.05) is 61.8 Å². The lowest BCUT2D eigenvalue weighted by Crippen LogP contribution is -2.34. The molecule has 0 bridgehead atoms. The zero-order valence-corrected chi connectivity index (χ0v) is 19.1. The lowest BCUT2D eigenvalue weighted by atomic mass is 10.1. The smallest absolute Gasteiger partial charge is 0.258 e. The van der Waals surface area contributed by atoms with Crippen molar-refractivity contribution in [1.29, 1.82) is 0 Å². The molecule has 4 aromatic rings. The van der Waals surface area contributed by atoms with Crippen molar-refractivity contribution in [2.75, 3.05) is 11.9 Å². The summed E-state index contributed by atoms with van der Waals surface area (Å²) >= 11 is 1.60. The Morgan fingerprint density at radius 3 is 2.94 bits per heavy atom. The molecule has 0 radical (unpaired) electrons. The minimum absolute atomic E-state index is 0.0412. The predicted octanol–water partition coefficient (Wildman–Crippen LogP) is 4.94. The van der Waals surface area contributed by atoms with Crippen LogP contribution in [-0.4, -0.2) is 34.7 Å². The Labute approximate surface area is 195 Å². The summed E-state index contributed by atoms with van der Waals surface area (Å²) in [5.41, 5.74) is 4.99. The first-order valence-corrected chi connectivity index (χ1v) is 11.6. The Balaban J connectivity index is 1.42. The van der Waals surface area contributed by atoms with E-state index in [0.717, 1.165) is 39.4 Å². The molecule has 0 spiro atoms. The molecule has 2 N–H and O–H groups in total. The maximum atomic E-state index is 11.9. The summed E-state index contributed by atoms with van der Waals surface area (Å²) in [5.74, 6) is 1.77. The number of nitrogens with zero attached hydrogens (tertiary/aromatic N) is 3. The van der Waals surface area contributed by atoms with Gasteiger partial charge in [0.1, 0.15) is 5.75 Å². The number of ether oxygens (including phenoxy) is 1. The van der Waals surface area contributed by atoms with E-state index >= 15 is 0 Å². The van der Waals surface area contributed by atoms with Gasteiger partial charge in [-0.1, -0.05) is 18.2 Å². The van der Waals surface area contributed by atoms with Crippen LogP contribution in [0.3, 0.4) is 0 Å². The van der Waals surface area contributed by atoms with E-state index in [1.54, 1.807) is 11.3 Å². The van der Waals surface area contributed by atoms with E-state index in [2.05, 4.69) is 27.8 Å². The summed E-state index contributed by atoms with van der Waals surface area (Å²) in [5, 5.41) is 8.29. The Kier molecular flexibility index (Phi) is 5.75. The number of hydrogen-bond donors (Lipinski definition) is 2. The van der Waals surface area contributed by atoms with Crippen LogP contribution in [0.1, 0.15) is 25.0 Å². The molecule has 0 saturated carbocycles. The van der Waals surface area contributed by atoms with Gasteiger partial charge in [0, 0.05) is 23.5 Å². The van der Waals surface area contributed by atoms with E-state index in [9.17, 15) is 4.79 Å². The van der Waals surface area contributed by atoms with Crippen molar-refractivity contribution < 1.29 is 9.53 Å². The van der Waals surface area contributed by atoms with Gasteiger partial charge >= 0.3 is 0 Å². The van der Waals surface area contributed by atoms with E-state index in [-0.39, 0.29) is 18.6 Å². The van der Waals surface area contributed by atoms with Gasteiger partial charge in [-0.05, 0) is 60.7 Å². The molecule has 0 atom stereocenters. The number of thiophene rings is 1. The van der Waals surface area contributed by atoms with Gasteiger partial charge in [-0.15, -0.1) is 11.3 Å². The Morgan fingerprint density at radius 1 is 1.15 bits per heavy atom. The average molecular weight is 458 g/mol. The first kappa shape index (κ1) is 21.1. The average Bonchev–Trinajstić information content (AvgIpc) is 3.46. The van der Waals surface area contributed by atoms with E-state index in [4.69, 9.17) is 14.7 Å². The van der Waals surface area contributed by atoms with Gasteiger partial charge in [-0.3, -0.25) is 9.79 Å². The van der Waals surface area contributed by atoms with Crippen LogP contribution in [-0.2, 0) is 11.3 Å². The number of anilines is 2. The highest BCUT2D eigenvalue weighted by Gasteiger charge is 2.14. The lowest BCUT2D eigenvalue weighted by Gasteiger charge is -2.12. The lowest BCUT2D eigenvalue weighted by molar-refractivity contribution is -0.123. The number of aromatic nitrogens is 2. The molecule has 7 nitrogen and oxygen atoms in total. The molecule has 1 aliphatic rings. The van der Waals surface area contributed by atoms with Crippen molar-refractivity contribution in [3.63, 3.8) is 0 Å². The summed E-state index contributed by atoms with van der Waals surface area (Å²) in [6.07, 6.45) is 1.90. The van der Waals surface area contributed by atoms with Gasteiger partial charge in [-0.25, -0.2) is 9.97 Å². The van der Waals surface area contributed by atoms with Gasteiger partial charge < -0.3 is 15.4 Å². The number of nitrogens with one attached hydrogen (secondary N) is 2. The third-order valence-corrected chi connectivity index (χ3v) is 6.03. The molecule has 0 unspecified atom stereocenters. The number of aliphatic imine (C=N–C) groups is 1. The van der Waals surface area contributed by atoms with Crippen molar-refractivity contribution >= 4 is 45.2 Å². The van der Waals surface area contributed by atoms with Crippen LogP contribution in [0.25, 0.3) is 21.6 Å². The predicted molar refractivity (Wildman–Crippen MR) is 133 cm³/mol. The highest BCUT2D eigenvalue weighted by Crippen LogP contribution is 2.32. The highest BCUT2D eigenvalue weighted by atomic mass is 32.1. The molecule has 8 heteroatoms. The topological polar surface area (TPSA) is 88.5 Å². The summed E-state index contributed by atoms with van der Waals surface area (Å²) in [7, 11) is 0. The summed E-state index contributed by atoms with van der Waals surface area (Å²) in [6.45, 7) is 4.53. The van der Waals surface area contributed by atoms with E-state index in [0.29, 0.717) is 11.6 Å². The second kappa shape index (κ2) is 8.99. The Hall–Kier alpha value is -3.78. The van der Waals surface area contributed by atoms with E-state index in [1.165, 1.54) is 5.56 Å². The minimum atomic E-state index is -0.155. The number of carbonyl (C=O) groups excluding carboxylic acids is 1. The molecule has 166 valence electrons. The second-order valence-electron chi connectivity index (χ2n) is 8.08. The van der Waals surface area contributed by atoms with Crippen LogP contribution in [0, 0.1) is 0 Å². The first-order valence-electron chi connectivity index (χ1n) is 10.7. The molecule has 0 saturated heterocycles. The SMILES string of the molecule is CC(C)NC(=O)COc1cccc(-c2nc(Nc3ccc4c(c3)C=NC4)c3sccc3n2)c1. The molecule has 1 aliphatic heterocycles. The molecule has 3 heterocycles.